The summed E-state index contributed by atoms with van der Waals surface area (Å²) in [7, 11) is 0. The molecule has 48 valence electrons. The van der Waals surface area contributed by atoms with E-state index in [-0.39, 0.29) is 0 Å². The summed E-state index contributed by atoms with van der Waals surface area (Å²) in [4.78, 5) is 11.0. The van der Waals surface area contributed by atoms with E-state index in [1.54, 1.807) is 0 Å². The van der Waals surface area contributed by atoms with Crippen LogP contribution in [-0.2, 0) is 4.79 Å². The quantitative estimate of drug-likeness (QED) is 0.477. The Kier molecular flexibility index (Phi) is 0.981. The van der Waals surface area contributed by atoms with Crippen LogP contribution in [-0.4, -0.2) is 5.78 Å². The highest BCUT2D eigenvalue weighted by atomic mass is 16.1. The maximum atomic E-state index is 11.0. The van der Waals surface area contributed by atoms with Crippen LogP contribution in [0.1, 0.15) is 25.7 Å². The van der Waals surface area contributed by atoms with Gasteiger partial charge in [-0.3, -0.25) is 4.79 Å². The highest BCUT2D eigenvalue weighted by molar-refractivity contribution is 5.97. The van der Waals surface area contributed by atoms with Gasteiger partial charge in [0.15, 0.2) is 5.78 Å². The van der Waals surface area contributed by atoms with Crippen molar-refractivity contribution in [3.63, 3.8) is 0 Å². The van der Waals surface area contributed by atoms with Crippen molar-refractivity contribution in [3.8, 4) is 0 Å². The lowest BCUT2D eigenvalue weighted by molar-refractivity contribution is -0.118. The van der Waals surface area contributed by atoms with Gasteiger partial charge in [0.25, 0.3) is 0 Å². The zero-order valence-corrected chi connectivity index (χ0v) is 5.39. The fourth-order valence-electron chi connectivity index (χ4n) is 1.72. The van der Waals surface area contributed by atoms with Crippen molar-refractivity contribution >= 4 is 5.78 Å². The lowest BCUT2D eigenvalue weighted by atomic mass is 9.77. The van der Waals surface area contributed by atoms with Crippen molar-refractivity contribution < 1.29 is 4.79 Å². The third-order valence-corrected chi connectivity index (χ3v) is 2.35. The number of rotatable bonds is 0. The SMILES string of the molecule is O=C1CC2CC=C1CC2. The van der Waals surface area contributed by atoms with Gasteiger partial charge in [0.1, 0.15) is 0 Å². The first kappa shape index (κ1) is 5.21. The van der Waals surface area contributed by atoms with Gasteiger partial charge in [-0.2, -0.15) is 0 Å². The van der Waals surface area contributed by atoms with Crippen LogP contribution in [0.15, 0.2) is 11.6 Å². The summed E-state index contributed by atoms with van der Waals surface area (Å²) in [6.07, 6.45) is 6.45. The molecule has 3 aliphatic rings. The monoisotopic (exact) mass is 122 g/mol. The van der Waals surface area contributed by atoms with E-state index in [4.69, 9.17) is 0 Å². The van der Waals surface area contributed by atoms with E-state index in [0.717, 1.165) is 18.4 Å². The molecule has 9 heavy (non-hydrogen) atoms. The van der Waals surface area contributed by atoms with Crippen LogP contribution in [0, 0.1) is 5.92 Å². The van der Waals surface area contributed by atoms with Crippen molar-refractivity contribution in [1.29, 1.82) is 0 Å². The number of carbonyl (C=O) groups excluding carboxylic acids is 1. The minimum atomic E-state index is 0.414. The Labute approximate surface area is 54.8 Å². The van der Waals surface area contributed by atoms with E-state index in [2.05, 4.69) is 6.08 Å². The molecule has 0 spiro atoms. The van der Waals surface area contributed by atoms with Gasteiger partial charge in [-0.05, 0) is 30.8 Å². The van der Waals surface area contributed by atoms with Crippen molar-refractivity contribution in [2.24, 2.45) is 5.92 Å². The van der Waals surface area contributed by atoms with Crippen LogP contribution in [0.3, 0.4) is 0 Å². The van der Waals surface area contributed by atoms with Gasteiger partial charge in [-0.1, -0.05) is 6.08 Å². The summed E-state index contributed by atoms with van der Waals surface area (Å²) in [6, 6.07) is 0. The molecule has 3 aliphatic carbocycles. The molecule has 0 aliphatic heterocycles. The highest BCUT2D eigenvalue weighted by Crippen LogP contribution is 2.33. The molecule has 0 aromatic carbocycles. The number of carbonyl (C=O) groups is 1. The van der Waals surface area contributed by atoms with Gasteiger partial charge in [0, 0.05) is 6.42 Å². The molecule has 1 unspecified atom stereocenters. The maximum absolute atomic E-state index is 11.0. The van der Waals surface area contributed by atoms with E-state index in [1.807, 2.05) is 0 Å². The second-order valence-corrected chi connectivity index (χ2v) is 3.00. The third-order valence-electron chi connectivity index (χ3n) is 2.35. The zero-order chi connectivity index (χ0) is 6.27. The fraction of sp³-hybridized carbons (Fsp3) is 0.625. The lowest BCUT2D eigenvalue weighted by Gasteiger charge is -2.27. The molecule has 0 N–H and O–H groups in total. The second kappa shape index (κ2) is 1.69. The van der Waals surface area contributed by atoms with Crippen molar-refractivity contribution in [1.82, 2.24) is 0 Å². The van der Waals surface area contributed by atoms with Gasteiger partial charge in [-0.25, -0.2) is 0 Å². The summed E-state index contributed by atoms with van der Waals surface area (Å²) in [6.45, 7) is 0. The summed E-state index contributed by atoms with van der Waals surface area (Å²) >= 11 is 0. The second-order valence-electron chi connectivity index (χ2n) is 3.00. The Balaban J connectivity index is 2.33. The Morgan fingerprint density at radius 1 is 1.56 bits per heavy atom. The topological polar surface area (TPSA) is 17.1 Å². The smallest absolute Gasteiger partial charge is 0.158 e. The third kappa shape index (κ3) is 0.716. The minimum Gasteiger partial charge on any atom is -0.295 e. The van der Waals surface area contributed by atoms with E-state index in [9.17, 15) is 4.79 Å². The average Bonchev–Trinajstić information content (AvgIpc) is 1.90. The number of fused-ring (bicyclic) bond motifs is 3. The lowest BCUT2D eigenvalue weighted by Crippen LogP contribution is -2.21. The summed E-state index contributed by atoms with van der Waals surface area (Å²) in [5.74, 6) is 1.12. The predicted octanol–water partition coefficient (Wildman–Crippen LogP) is 1.69. The maximum Gasteiger partial charge on any atom is 0.158 e. The predicted molar refractivity (Wildman–Crippen MR) is 35.0 cm³/mol. The zero-order valence-electron chi connectivity index (χ0n) is 5.39. The van der Waals surface area contributed by atoms with Crippen molar-refractivity contribution in [3.05, 3.63) is 11.6 Å². The molecular weight excluding hydrogens is 112 g/mol. The molecule has 0 heterocycles. The van der Waals surface area contributed by atoms with Crippen LogP contribution in [0.2, 0.25) is 0 Å². The molecule has 2 bridgehead atoms. The van der Waals surface area contributed by atoms with Crippen LogP contribution in [0.5, 0.6) is 0 Å². The van der Waals surface area contributed by atoms with Crippen LogP contribution in [0.4, 0.5) is 0 Å². The van der Waals surface area contributed by atoms with E-state index < -0.39 is 0 Å². The minimum absolute atomic E-state index is 0.414. The molecule has 3 rings (SSSR count). The first-order valence-electron chi connectivity index (χ1n) is 3.58. The molecule has 1 nitrogen and oxygen atoms in total. The number of hydrogen-bond acceptors (Lipinski definition) is 1. The highest BCUT2D eigenvalue weighted by Gasteiger charge is 2.26. The Hall–Kier alpha value is -0.590. The molecule has 0 radical (unpaired) electrons. The normalized spacial score (nSPS) is 32.7. The summed E-state index contributed by atoms with van der Waals surface area (Å²) in [5.41, 5.74) is 1.11. The Morgan fingerprint density at radius 2 is 2.44 bits per heavy atom. The molecule has 0 aromatic heterocycles. The molecule has 0 saturated heterocycles. The van der Waals surface area contributed by atoms with Gasteiger partial charge < -0.3 is 0 Å². The molecule has 1 fully saturated rings. The Morgan fingerprint density at radius 3 is 2.67 bits per heavy atom. The van der Waals surface area contributed by atoms with Crippen molar-refractivity contribution in [2.45, 2.75) is 25.7 Å². The molecular formula is C8H10O. The van der Waals surface area contributed by atoms with Crippen LogP contribution < -0.4 is 0 Å². The standard InChI is InChI=1S/C8H10O/c9-8-5-6-1-3-7(8)4-2-6/h3,6H,1-2,4-5H2. The Bertz CT molecular complexity index is 179. The fourth-order valence-corrected chi connectivity index (χ4v) is 1.72. The first-order valence-corrected chi connectivity index (χ1v) is 3.58. The van der Waals surface area contributed by atoms with Gasteiger partial charge in [0.05, 0.1) is 0 Å². The summed E-state index contributed by atoms with van der Waals surface area (Å²) in [5, 5.41) is 0. The molecule has 1 atom stereocenters. The number of Topliss-reactive ketones (excluding diaryl/α,β-unsaturated/α-hetero) is 1. The van der Waals surface area contributed by atoms with Gasteiger partial charge >= 0.3 is 0 Å². The first-order chi connectivity index (χ1) is 4.36. The van der Waals surface area contributed by atoms with Gasteiger partial charge in [0.2, 0.25) is 0 Å². The number of allylic oxidation sites excluding steroid dienone is 2. The molecule has 0 amide bonds. The van der Waals surface area contributed by atoms with Crippen LogP contribution in [0.25, 0.3) is 0 Å². The average molecular weight is 122 g/mol. The van der Waals surface area contributed by atoms with E-state index in [1.165, 1.54) is 12.8 Å². The number of ketones is 1. The number of hydrogen-bond donors (Lipinski definition) is 0. The molecule has 0 aromatic rings. The van der Waals surface area contributed by atoms with Crippen molar-refractivity contribution in [2.75, 3.05) is 0 Å². The van der Waals surface area contributed by atoms with Crippen LogP contribution >= 0.6 is 0 Å². The molecule has 1 saturated carbocycles. The van der Waals surface area contributed by atoms with E-state index >= 15 is 0 Å². The largest absolute Gasteiger partial charge is 0.295 e. The van der Waals surface area contributed by atoms with E-state index in [0.29, 0.717) is 11.7 Å². The summed E-state index contributed by atoms with van der Waals surface area (Å²) < 4.78 is 0. The molecule has 1 heteroatoms. The van der Waals surface area contributed by atoms with Gasteiger partial charge in [-0.15, -0.1) is 0 Å².